The molecule has 41 nitrogen and oxygen atoms in total. The number of carbonyl (C=O) groups excluding carboxylic acids is 12. The van der Waals surface area contributed by atoms with Crippen LogP contribution in [0, 0.1) is 25.2 Å². The fraction of sp³-hybridized carbons (Fsp3) is 0.750. The van der Waals surface area contributed by atoms with E-state index in [9.17, 15) is 141 Å². The molecule has 0 rings (SSSR count). The average Bonchev–Trinajstić information content (AvgIpc) is 0.904. The molecule has 0 aromatic heterocycles. The van der Waals surface area contributed by atoms with Crippen LogP contribution in [-0.4, -0.2) is 351 Å². The Bertz CT molecular complexity index is 2910. The van der Waals surface area contributed by atoms with Gasteiger partial charge in [-0.15, -0.1) is 0 Å². The second-order valence-corrected chi connectivity index (χ2v) is 20.0. The minimum Gasteiger partial charge on any atom is -0.481 e. The molecule has 0 aliphatic heterocycles. The van der Waals surface area contributed by atoms with Gasteiger partial charge in [-0.05, 0) is 53.2 Å². The predicted molar refractivity (Wildman–Crippen MR) is 407 cm³/mol. The summed E-state index contributed by atoms with van der Waals surface area (Å²) in [6, 6.07) is -7.38. The van der Waals surface area contributed by atoms with Crippen LogP contribution in [0.2, 0.25) is 0 Å². The number of hydrogen-bond acceptors (Lipinski definition) is 33. The molecule has 0 aromatic carbocycles. The van der Waals surface area contributed by atoms with Gasteiger partial charge in [0.1, 0.15) is 25.3 Å². The molecule has 7 amide bonds. The number of aliphatic hydroxyl groups excluding tert-OH is 10. The Labute approximate surface area is 749 Å². The van der Waals surface area contributed by atoms with E-state index in [-0.39, 0.29) is 88.5 Å². The quantitative estimate of drug-likeness (QED) is 0.00694. The van der Waals surface area contributed by atoms with Crippen LogP contribution in [0.25, 0.3) is 0 Å². The van der Waals surface area contributed by atoms with E-state index in [1.807, 2.05) is 19.9 Å². The van der Waals surface area contributed by atoms with Crippen molar-refractivity contribution in [2.24, 2.45) is 5.73 Å². The maximum atomic E-state index is 12.0. The number of aliphatic hydroxyl groups is 10. The number of alkyl halides is 18. The van der Waals surface area contributed by atoms with Crippen LogP contribution in [0.1, 0.15) is 116 Å². The summed E-state index contributed by atoms with van der Waals surface area (Å²) in [4.78, 5) is 139. The first-order chi connectivity index (χ1) is 62.7. The summed E-state index contributed by atoms with van der Waals surface area (Å²) in [5, 5.41) is 81.7. The van der Waals surface area contributed by atoms with Gasteiger partial charge in [0.2, 0.25) is 14.5 Å². The SMILES string of the molecule is C.COC(=O)[C@H](CO)NC(=O)C(F)(F)F.COC(=O)[C@H](CO)NCl.[2H]C[C@@H](CO)NC(=O)C(F)(F)F.[2H]C[C@@H](COC(=O)CCC(=O)NC)NC(=O)C(F)(F)F.[2H]C[C@@H](COC(=O)CCC(=O)O)NC(=O)C(F)(F)F.[2H]C[C@@H](COPOCCC#N)NC(=O)C(F)(F)F.[2H]C[C@H](N)CO.[2H]C[C@H](NC(=O)C(F)(F)F)C(=O)OC.[3H]OC.[3H]OC.[3H]OC.[3H]OC.[3H]OC.[3H]OC.[CH2-]CC.[CH2-]CC.[Ni+2]. The summed E-state index contributed by atoms with van der Waals surface area (Å²) in [5.74, 6) is -19.4. The molecule has 0 fully saturated rings. The molecule has 1 unspecified atom stereocenters. The number of nitrogens with zero attached hydrogens (tertiary/aromatic N) is 1. The van der Waals surface area contributed by atoms with Crippen molar-refractivity contribution in [1.29, 1.82) is 13.8 Å². The third-order valence-electron chi connectivity index (χ3n) is 8.89. The maximum Gasteiger partial charge on any atom is 2.00 e. The Balaban J connectivity index is -0.0000000727. The van der Waals surface area contributed by atoms with Crippen LogP contribution in [0.15, 0.2) is 0 Å². The van der Waals surface area contributed by atoms with Crippen LogP contribution in [0.5, 0.6) is 0 Å². The molecule has 762 valence electrons. The van der Waals surface area contributed by atoms with Crippen LogP contribution >= 0.6 is 20.8 Å². The first-order valence-electron chi connectivity index (χ1n) is 38.9. The topological polar surface area (TPSA) is 655 Å². The number of hydrogen-bond donors (Lipinski definition) is 20. The third-order valence-corrected chi connectivity index (χ3v) is 9.76. The minimum absolute atomic E-state index is 0. The van der Waals surface area contributed by atoms with Gasteiger partial charge in [0, 0.05) is 76.4 Å². The van der Waals surface area contributed by atoms with Crippen molar-refractivity contribution in [3.8, 4) is 6.07 Å². The van der Waals surface area contributed by atoms with Gasteiger partial charge in [-0.25, -0.2) is 14.4 Å². The predicted octanol–water partition coefficient (Wildman–Crippen LogP) is 0.899. The second-order valence-electron chi connectivity index (χ2n) is 19.0. The molecule has 0 aliphatic rings. The molecule has 62 heteroatoms. The summed E-state index contributed by atoms with van der Waals surface area (Å²) in [6.45, 7) is 4.92. The van der Waals surface area contributed by atoms with Gasteiger partial charge in [-0.2, -0.15) is 97.1 Å². The normalized spacial score (nSPS) is 12.9. The van der Waals surface area contributed by atoms with Gasteiger partial charge in [0.05, 0.1) is 111 Å². The number of halogens is 19. The molecule has 0 heterocycles. The maximum absolute atomic E-state index is 12.0. The number of carbonyl (C=O) groups is 13. The molecule has 0 aliphatic carbocycles. The van der Waals surface area contributed by atoms with E-state index in [1.165, 1.54) is 83.4 Å². The van der Waals surface area contributed by atoms with Gasteiger partial charge >= 0.3 is 125 Å². The van der Waals surface area contributed by atoms with Gasteiger partial charge < -0.3 is 146 Å². The van der Waals surface area contributed by atoms with Crippen molar-refractivity contribution in [2.75, 3.05) is 124 Å². The summed E-state index contributed by atoms with van der Waals surface area (Å²) in [7, 11) is 11.8. The monoisotopic (exact) mass is 2010 g/mol. The minimum atomic E-state index is -5.10. The van der Waals surface area contributed by atoms with Crippen molar-refractivity contribution in [1.82, 2.24) is 42.1 Å². The second kappa shape index (κ2) is 104. The average molecular weight is 2010 g/mol. The molecule has 0 aromatic rings. The number of methoxy groups -OCH3 is 3. The van der Waals surface area contributed by atoms with E-state index in [2.05, 4.69) is 78.3 Å². The fourth-order valence-corrected chi connectivity index (χ4v) is 4.63. The van der Waals surface area contributed by atoms with E-state index >= 15 is 0 Å². The smallest absolute Gasteiger partial charge is 0.481 e. The number of carboxylic acid groups (broad SMARTS) is 1. The Morgan fingerprint density at radius 2 is 0.770 bits per heavy atom. The van der Waals surface area contributed by atoms with Gasteiger partial charge in [0.25, 0.3) is 0 Å². The van der Waals surface area contributed by atoms with Crippen molar-refractivity contribution >= 4 is 98.0 Å². The Hall–Kier alpha value is -8.01. The molecule has 0 bridgehead atoms. The van der Waals surface area contributed by atoms with E-state index in [4.69, 9.17) is 74.2 Å². The summed E-state index contributed by atoms with van der Waals surface area (Å²) < 4.78 is 318. The molecule has 0 saturated carbocycles. The van der Waals surface area contributed by atoms with E-state index < -0.39 is 233 Å². The molecule has 0 saturated heterocycles. The number of rotatable bonds is 30. The third kappa shape index (κ3) is 127. The Kier molecular flexibility index (Phi) is 106. The fourth-order valence-electron chi connectivity index (χ4n) is 3.93. The van der Waals surface area contributed by atoms with Gasteiger partial charge in [-0.1, -0.05) is 21.3 Å². The number of carboxylic acids is 1. The zero-order chi connectivity index (χ0) is 111. The van der Waals surface area contributed by atoms with Gasteiger partial charge in [0.15, 0.2) is 15.1 Å². The summed E-state index contributed by atoms with van der Waals surface area (Å²) >= 11 is 5.03. The van der Waals surface area contributed by atoms with Crippen molar-refractivity contribution < 1.29 is 255 Å². The number of nitriles is 1. The molecule has 21 N–H and O–H groups in total. The van der Waals surface area contributed by atoms with Crippen LogP contribution < -0.4 is 47.8 Å². The first kappa shape index (κ1) is 129. The Morgan fingerprint density at radius 1 is 0.476 bits per heavy atom. The molecular weight excluding hydrogens is 1870 g/mol. The van der Waals surface area contributed by atoms with Crippen molar-refractivity contribution in [2.45, 2.75) is 193 Å². The number of amides is 7. The number of aliphatic carboxylic acids is 1. The van der Waals surface area contributed by atoms with Crippen LogP contribution in [0.4, 0.5) is 79.0 Å². The largest absolute Gasteiger partial charge is 2.00 e. The molecule has 9 atom stereocenters. The zero-order valence-corrected chi connectivity index (χ0v) is 71.5. The summed E-state index contributed by atoms with van der Waals surface area (Å²) in [5.41, 5.74) is 5.03. The van der Waals surface area contributed by atoms with Crippen LogP contribution in [-0.2, 0) is 112 Å². The molecule has 126 heavy (non-hydrogen) atoms. The van der Waals surface area contributed by atoms with Crippen molar-refractivity contribution in [3.63, 3.8) is 0 Å². The summed E-state index contributed by atoms with van der Waals surface area (Å²) in [6.07, 6.45) is -29.3. The Morgan fingerprint density at radius 3 is 1.00 bits per heavy atom. The van der Waals surface area contributed by atoms with Crippen LogP contribution in [0.3, 0.4) is 0 Å². The van der Waals surface area contributed by atoms with E-state index in [0.29, 0.717) is 0 Å². The molecule has 0 radical (unpaired) electrons. The van der Waals surface area contributed by atoms with Crippen molar-refractivity contribution in [3.05, 3.63) is 13.8 Å². The van der Waals surface area contributed by atoms with E-state index in [0.717, 1.165) is 27.1 Å². The zero-order valence-electron chi connectivity index (χ0n) is 80.8. The number of nitrogens with two attached hydrogens (primary N) is 1. The number of nitrogens with one attached hydrogen (secondary N) is 8. The van der Waals surface area contributed by atoms with E-state index in [1.54, 1.807) is 5.32 Å². The van der Waals surface area contributed by atoms with Gasteiger partial charge in [-0.3, -0.25) is 52.7 Å². The molecule has 0 spiro atoms. The first-order valence-corrected chi connectivity index (χ1v) is 33.4. The number of esters is 5. The standard InChI is InChI=1S/C10H15F3N2O4.C9H12F3NO5.C8H12F3N2O3P.C6H8F3NO4.C6H8F3NO3.C5H8F3NO2.C4H8ClNO3.C3H9NO.2C3H7.6CH4O.CH4.Ni/c1-6(15-9(18)10(11,12)13)5-19-8(17)4-3-7(16)14-2;1-5(13-8(17)9(10,11)12)4-18-7(16)3-2-6(14)15;1-6(13-7(14)8(9,10)11)5-16-17-15-4-2-3-12;1-14-4(12)3(2-11)10-5(13)6(7,8)9;1-3(4(11)13-2)10-5(12)6(7,8)9;1-3(2-10)9-4(11)5(6,7)8;1-9-4(8)3(2-7)6-5;1-3(4)2-5;2*1-3-2;6*1-2;;/h6H,3-5H2,1-2H3,(H,14,16)(H,15,18);5H,2-4H2,1H3,(H,13,17)(H,14,15);6,17H,2,4-5H2,1H3,(H,13,14);3,11H,2H2,1H3,(H,10,13);3H,1-2H3,(H,10,12);3,10H,2H2,1H3,(H,9,11);3,6-7H,2H2,1H3;3,5H,2,4H2,1H3;2*1,3H2,2H3;6*2H,1H3;1H4;/q;;;;;;;;2*-1;;;;;;;;+2/t6-;5-;6-;5*3-;;;;;;;;;;/m00000000........../s1/i3*1D;;2*1D;;1D;;;6*2T;;. The number of ether oxygens (including phenoxy) is 5. The molecular formula is C64H122ClF18N10NiO31P.